The van der Waals surface area contributed by atoms with Gasteiger partial charge in [-0.1, -0.05) is 12.1 Å². The van der Waals surface area contributed by atoms with E-state index in [1.165, 1.54) is 31.4 Å². The summed E-state index contributed by atoms with van der Waals surface area (Å²) in [4.78, 5) is 20.1. The minimum absolute atomic E-state index is 0.0515. The molecule has 2 N–H and O–H groups in total. The monoisotopic (exact) mass is 354 g/mol. The van der Waals surface area contributed by atoms with Gasteiger partial charge in [-0.2, -0.15) is 13.2 Å². The van der Waals surface area contributed by atoms with Crippen LogP contribution in [-0.4, -0.2) is 36.1 Å². The van der Waals surface area contributed by atoms with E-state index in [9.17, 15) is 18.0 Å². The van der Waals surface area contributed by atoms with Gasteiger partial charge in [0.1, 0.15) is 17.3 Å². The van der Waals surface area contributed by atoms with Crippen LogP contribution in [0.3, 0.4) is 0 Å². The van der Waals surface area contributed by atoms with Gasteiger partial charge in [0, 0.05) is 19.7 Å². The number of benzene rings is 1. The summed E-state index contributed by atoms with van der Waals surface area (Å²) >= 11 is 0. The molecule has 1 aromatic carbocycles. The lowest BCUT2D eigenvalue weighted by atomic mass is 10.1. The maximum atomic E-state index is 13.1. The summed E-state index contributed by atoms with van der Waals surface area (Å²) in [6.07, 6.45) is -4.51. The van der Waals surface area contributed by atoms with Gasteiger partial charge >= 0.3 is 6.18 Å². The Morgan fingerprint density at radius 1 is 1.24 bits per heavy atom. The molecule has 0 radical (unpaired) electrons. The van der Waals surface area contributed by atoms with Crippen LogP contribution in [0.1, 0.15) is 21.9 Å². The molecule has 134 valence electrons. The second-order valence-electron chi connectivity index (χ2n) is 5.10. The van der Waals surface area contributed by atoms with Gasteiger partial charge < -0.3 is 15.4 Å². The van der Waals surface area contributed by atoms with Crippen LogP contribution in [0, 0.1) is 6.92 Å². The first-order valence-corrected chi connectivity index (χ1v) is 7.37. The number of para-hydroxylation sites is 1. The summed E-state index contributed by atoms with van der Waals surface area (Å²) in [5.41, 5.74) is -0.924. The highest BCUT2D eigenvalue weighted by Crippen LogP contribution is 2.35. The molecule has 1 heterocycles. The molecular weight excluding hydrogens is 337 g/mol. The van der Waals surface area contributed by atoms with Crippen LogP contribution in [0.4, 0.5) is 24.7 Å². The molecule has 0 saturated heterocycles. The second kappa shape index (κ2) is 7.93. The van der Waals surface area contributed by atoms with Crippen molar-refractivity contribution >= 4 is 17.4 Å². The van der Waals surface area contributed by atoms with Gasteiger partial charge in [0.15, 0.2) is 0 Å². The fraction of sp³-hybridized carbons (Fsp3) is 0.312. The van der Waals surface area contributed by atoms with Crippen LogP contribution >= 0.6 is 0 Å². The number of alkyl halides is 3. The van der Waals surface area contributed by atoms with Crippen LogP contribution in [0.25, 0.3) is 0 Å². The third kappa shape index (κ3) is 5.15. The number of amides is 1. The van der Waals surface area contributed by atoms with Crippen molar-refractivity contribution in [1.29, 1.82) is 0 Å². The Kier molecular flexibility index (Phi) is 5.92. The minimum Gasteiger partial charge on any atom is -0.383 e. The number of aryl methyl sites for hydroxylation is 1. The van der Waals surface area contributed by atoms with Gasteiger partial charge in [0.2, 0.25) is 0 Å². The van der Waals surface area contributed by atoms with Crippen molar-refractivity contribution < 1.29 is 22.7 Å². The van der Waals surface area contributed by atoms with E-state index in [4.69, 9.17) is 4.74 Å². The Bertz CT molecular complexity index is 750. The average Bonchev–Trinajstić information content (AvgIpc) is 2.54. The van der Waals surface area contributed by atoms with E-state index in [1.54, 1.807) is 6.92 Å². The summed E-state index contributed by atoms with van der Waals surface area (Å²) in [7, 11) is 1.50. The summed E-state index contributed by atoms with van der Waals surface area (Å²) in [6, 6.07) is 6.33. The first-order valence-electron chi connectivity index (χ1n) is 7.37. The lowest BCUT2D eigenvalue weighted by Gasteiger charge is -2.14. The van der Waals surface area contributed by atoms with Crippen LogP contribution in [0.2, 0.25) is 0 Å². The molecular formula is C16H17F3N4O2. The zero-order valence-electron chi connectivity index (χ0n) is 13.6. The standard InChI is InChI=1S/C16H17F3N4O2/c1-10-21-13(15(24)20-7-8-25-2)9-14(22-10)23-12-6-4-3-5-11(12)16(17,18)19/h3-6,9H,7-8H2,1-2H3,(H,20,24)(H,21,22,23). The van der Waals surface area contributed by atoms with Gasteiger partial charge in [0.25, 0.3) is 5.91 Å². The SMILES string of the molecule is COCCNC(=O)c1cc(Nc2ccccc2C(F)(F)F)nc(C)n1. The molecule has 6 nitrogen and oxygen atoms in total. The molecule has 0 bridgehead atoms. The number of methoxy groups -OCH3 is 1. The van der Waals surface area contributed by atoms with Crippen LogP contribution < -0.4 is 10.6 Å². The third-order valence-corrected chi connectivity index (χ3v) is 3.16. The summed E-state index contributed by atoms with van der Waals surface area (Å²) in [6.45, 7) is 2.17. The Morgan fingerprint density at radius 2 is 1.96 bits per heavy atom. The van der Waals surface area contributed by atoms with E-state index in [-0.39, 0.29) is 29.6 Å². The molecule has 2 rings (SSSR count). The Balaban J connectivity index is 2.25. The predicted molar refractivity (Wildman–Crippen MR) is 85.7 cm³/mol. The first kappa shape index (κ1) is 18.7. The molecule has 0 aliphatic rings. The van der Waals surface area contributed by atoms with Gasteiger partial charge in [-0.3, -0.25) is 4.79 Å². The number of ether oxygens (including phenoxy) is 1. The Hall–Kier alpha value is -2.68. The van der Waals surface area contributed by atoms with Crippen LogP contribution in [0.15, 0.2) is 30.3 Å². The molecule has 0 fully saturated rings. The van der Waals surface area contributed by atoms with E-state index in [0.717, 1.165) is 6.07 Å². The number of nitrogens with one attached hydrogen (secondary N) is 2. The number of hydrogen-bond donors (Lipinski definition) is 2. The number of hydrogen-bond acceptors (Lipinski definition) is 5. The van der Waals surface area contributed by atoms with Crippen molar-refractivity contribution in [2.75, 3.05) is 25.6 Å². The molecule has 2 aromatic rings. The lowest BCUT2D eigenvalue weighted by molar-refractivity contribution is -0.136. The van der Waals surface area contributed by atoms with Crippen LogP contribution in [-0.2, 0) is 10.9 Å². The molecule has 1 aromatic heterocycles. The second-order valence-corrected chi connectivity index (χ2v) is 5.10. The zero-order valence-corrected chi connectivity index (χ0v) is 13.6. The van der Waals surface area contributed by atoms with Crippen molar-refractivity contribution in [3.63, 3.8) is 0 Å². The summed E-state index contributed by atoms with van der Waals surface area (Å²) in [5, 5.41) is 5.20. The van der Waals surface area contributed by atoms with Gasteiger partial charge in [-0.25, -0.2) is 9.97 Å². The maximum absolute atomic E-state index is 13.1. The number of aromatic nitrogens is 2. The third-order valence-electron chi connectivity index (χ3n) is 3.16. The highest BCUT2D eigenvalue weighted by Gasteiger charge is 2.33. The summed E-state index contributed by atoms with van der Waals surface area (Å²) in [5.74, 6) is -0.109. The van der Waals surface area contributed by atoms with E-state index >= 15 is 0 Å². The normalized spacial score (nSPS) is 11.2. The van der Waals surface area contributed by atoms with Gasteiger partial charge in [0.05, 0.1) is 17.9 Å². The molecule has 1 amide bonds. The molecule has 0 saturated carbocycles. The topological polar surface area (TPSA) is 76.1 Å². The van der Waals surface area contributed by atoms with Crippen molar-refractivity contribution in [1.82, 2.24) is 15.3 Å². The van der Waals surface area contributed by atoms with Crippen LogP contribution in [0.5, 0.6) is 0 Å². The fourth-order valence-corrected chi connectivity index (χ4v) is 2.08. The van der Waals surface area contributed by atoms with E-state index in [2.05, 4.69) is 20.6 Å². The largest absolute Gasteiger partial charge is 0.418 e. The minimum atomic E-state index is -4.51. The number of rotatable bonds is 6. The molecule has 0 aliphatic carbocycles. The Morgan fingerprint density at radius 3 is 2.64 bits per heavy atom. The molecule has 0 spiro atoms. The lowest BCUT2D eigenvalue weighted by Crippen LogP contribution is -2.28. The number of carbonyl (C=O) groups excluding carboxylic acids is 1. The number of carbonyl (C=O) groups is 1. The summed E-state index contributed by atoms with van der Waals surface area (Å²) < 4.78 is 44.0. The molecule has 0 atom stereocenters. The highest BCUT2D eigenvalue weighted by molar-refractivity contribution is 5.93. The average molecular weight is 354 g/mol. The fourth-order valence-electron chi connectivity index (χ4n) is 2.08. The zero-order chi connectivity index (χ0) is 18.4. The van der Waals surface area contributed by atoms with Crippen molar-refractivity contribution in [3.05, 3.63) is 47.4 Å². The number of anilines is 2. The van der Waals surface area contributed by atoms with Gasteiger partial charge in [-0.05, 0) is 19.1 Å². The van der Waals surface area contributed by atoms with Crippen molar-refractivity contribution in [2.45, 2.75) is 13.1 Å². The number of halogens is 3. The Labute approximate surface area is 142 Å². The molecule has 0 unspecified atom stereocenters. The van der Waals surface area contributed by atoms with E-state index in [0.29, 0.717) is 6.61 Å². The molecule has 25 heavy (non-hydrogen) atoms. The quantitative estimate of drug-likeness (QED) is 0.780. The molecule has 0 aliphatic heterocycles. The van der Waals surface area contributed by atoms with Gasteiger partial charge in [-0.15, -0.1) is 0 Å². The van der Waals surface area contributed by atoms with E-state index < -0.39 is 17.6 Å². The van der Waals surface area contributed by atoms with E-state index in [1.807, 2.05) is 0 Å². The first-order chi connectivity index (χ1) is 11.8. The predicted octanol–water partition coefficient (Wildman–Crippen LogP) is 2.92. The number of nitrogens with zero attached hydrogens (tertiary/aromatic N) is 2. The highest BCUT2D eigenvalue weighted by atomic mass is 19.4. The maximum Gasteiger partial charge on any atom is 0.418 e. The smallest absolute Gasteiger partial charge is 0.383 e. The molecule has 9 heteroatoms. The van der Waals surface area contributed by atoms with Crippen molar-refractivity contribution in [2.24, 2.45) is 0 Å². The van der Waals surface area contributed by atoms with Crippen molar-refractivity contribution in [3.8, 4) is 0 Å².